The summed E-state index contributed by atoms with van der Waals surface area (Å²) in [7, 11) is 1.71. The van der Waals surface area contributed by atoms with E-state index >= 15 is 0 Å². The highest BCUT2D eigenvalue weighted by atomic mass is 16.3. The number of phenolic OH excluding ortho intramolecular Hbond substituents is 2. The summed E-state index contributed by atoms with van der Waals surface area (Å²) in [4.78, 5) is 13.7. The van der Waals surface area contributed by atoms with Gasteiger partial charge in [0.05, 0.1) is 0 Å². The van der Waals surface area contributed by atoms with Gasteiger partial charge in [0, 0.05) is 24.7 Å². The lowest BCUT2D eigenvalue weighted by molar-refractivity contribution is 0.0745. The maximum atomic E-state index is 12.1. The van der Waals surface area contributed by atoms with Crippen LogP contribution in [0.2, 0.25) is 0 Å². The Morgan fingerprint density at radius 1 is 1.22 bits per heavy atom. The molecular formula is C14H21NO3. The molecule has 0 fully saturated rings. The summed E-state index contributed by atoms with van der Waals surface area (Å²) in [5.74, 6) is -0.347. The molecule has 1 amide bonds. The second-order valence-electron chi connectivity index (χ2n) is 5.86. The first kappa shape index (κ1) is 14.4. The zero-order valence-electron chi connectivity index (χ0n) is 11.6. The molecule has 2 N–H and O–H groups in total. The Labute approximate surface area is 108 Å². The number of phenols is 2. The van der Waals surface area contributed by atoms with E-state index < -0.39 is 0 Å². The minimum Gasteiger partial charge on any atom is -0.508 e. The number of aromatic hydroxyl groups is 2. The van der Waals surface area contributed by atoms with Crippen molar-refractivity contribution < 1.29 is 15.0 Å². The Bertz CT molecular complexity index is 438. The van der Waals surface area contributed by atoms with Gasteiger partial charge in [-0.15, -0.1) is 0 Å². The number of hydrogen-bond acceptors (Lipinski definition) is 3. The van der Waals surface area contributed by atoms with Crippen molar-refractivity contribution in [2.75, 3.05) is 13.6 Å². The summed E-state index contributed by atoms with van der Waals surface area (Å²) < 4.78 is 0. The lowest BCUT2D eigenvalue weighted by atomic mass is 9.96. The molecule has 4 heteroatoms. The first-order valence-corrected chi connectivity index (χ1v) is 5.90. The van der Waals surface area contributed by atoms with Crippen LogP contribution in [0.15, 0.2) is 12.1 Å². The quantitative estimate of drug-likeness (QED) is 0.849. The van der Waals surface area contributed by atoms with Gasteiger partial charge in [-0.1, -0.05) is 20.8 Å². The van der Waals surface area contributed by atoms with E-state index in [9.17, 15) is 15.0 Å². The first-order valence-electron chi connectivity index (χ1n) is 5.90. The number of carbonyl (C=O) groups excluding carboxylic acids is 1. The van der Waals surface area contributed by atoms with Gasteiger partial charge in [0.2, 0.25) is 0 Å². The monoisotopic (exact) mass is 251 g/mol. The lowest BCUT2D eigenvalue weighted by Crippen LogP contribution is -2.34. The molecule has 0 aromatic heterocycles. The Morgan fingerprint density at radius 3 is 2.06 bits per heavy atom. The fourth-order valence-electron chi connectivity index (χ4n) is 1.81. The number of hydrogen-bond donors (Lipinski definition) is 2. The summed E-state index contributed by atoms with van der Waals surface area (Å²) in [5.41, 5.74) is 0.673. The van der Waals surface area contributed by atoms with Gasteiger partial charge in [0.1, 0.15) is 11.5 Å². The average molecular weight is 251 g/mol. The summed E-state index contributed by atoms with van der Waals surface area (Å²) in [6.45, 7) is 8.32. The molecule has 0 aliphatic heterocycles. The molecule has 1 aromatic carbocycles. The average Bonchev–Trinajstić information content (AvgIpc) is 2.21. The van der Waals surface area contributed by atoms with Crippen LogP contribution in [0.3, 0.4) is 0 Å². The molecule has 0 spiro atoms. The van der Waals surface area contributed by atoms with Crippen molar-refractivity contribution in [3.8, 4) is 11.5 Å². The molecule has 0 aliphatic carbocycles. The molecule has 4 nitrogen and oxygen atoms in total. The predicted octanol–water partition coefficient (Wildman–Crippen LogP) is 2.52. The zero-order valence-corrected chi connectivity index (χ0v) is 11.6. The molecule has 0 aliphatic rings. The third kappa shape index (κ3) is 3.39. The standard InChI is InChI=1S/C14H21NO3/c1-9-11(16)6-10(7-12(9)17)13(18)15(5)8-14(2,3)4/h6-7,16-17H,8H2,1-5H3. The van der Waals surface area contributed by atoms with E-state index in [-0.39, 0.29) is 22.8 Å². The lowest BCUT2D eigenvalue weighted by Gasteiger charge is -2.26. The van der Waals surface area contributed by atoms with Crippen molar-refractivity contribution >= 4 is 5.91 Å². The molecule has 0 saturated heterocycles. The van der Waals surface area contributed by atoms with E-state index in [0.29, 0.717) is 17.7 Å². The van der Waals surface area contributed by atoms with Gasteiger partial charge >= 0.3 is 0 Å². The molecule has 100 valence electrons. The second-order valence-corrected chi connectivity index (χ2v) is 5.86. The highest BCUT2D eigenvalue weighted by Crippen LogP contribution is 2.28. The molecule has 0 saturated carbocycles. The summed E-state index contributed by atoms with van der Waals surface area (Å²) >= 11 is 0. The van der Waals surface area contributed by atoms with Crippen LogP contribution in [0, 0.1) is 12.3 Å². The van der Waals surface area contributed by atoms with Crippen LogP contribution in [0.5, 0.6) is 11.5 Å². The maximum absolute atomic E-state index is 12.1. The molecule has 0 bridgehead atoms. The van der Waals surface area contributed by atoms with E-state index in [1.165, 1.54) is 12.1 Å². The van der Waals surface area contributed by atoms with Crippen LogP contribution in [0.4, 0.5) is 0 Å². The fourth-order valence-corrected chi connectivity index (χ4v) is 1.81. The third-order valence-electron chi connectivity index (χ3n) is 2.66. The summed E-state index contributed by atoms with van der Waals surface area (Å²) in [5, 5.41) is 19.2. The van der Waals surface area contributed by atoms with E-state index in [0.717, 1.165) is 0 Å². The maximum Gasteiger partial charge on any atom is 0.253 e. The first-order chi connectivity index (χ1) is 8.11. The van der Waals surface area contributed by atoms with Gasteiger partial charge in [-0.05, 0) is 24.5 Å². The Kier molecular flexibility index (Phi) is 3.89. The second kappa shape index (κ2) is 4.88. The van der Waals surface area contributed by atoms with Crippen molar-refractivity contribution in [2.24, 2.45) is 5.41 Å². The van der Waals surface area contributed by atoms with Crippen LogP contribution < -0.4 is 0 Å². The third-order valence-corrected chi connectivity index (χ3v) is 2.66. The van der Waals surface area contributed by atoms with E-state index in [4.69, 9.17) is 0 Å². The molecule has 1 aromatic rings. The van der Waals surface area contributed by atoms with Crippen LogP contribution in [0.1, 0.15) is 36.7 Å². The Morgan fingerprint density at radius 2 is 1.67 bits per heavy atom. The van der Waals surface area contributed by atoms with Gasteiger partial charge in [0.15, 0.2) is 0 Å². The molecule has 18 heavy (non-hydrogen) atoms. The van der Waals surface area contributed by atoms with Crippen molar-refractivity contribution in [1.82, 2.24) is 4.90 Å². The number of carbonyl (C=O) groups is 1. The molecular weight excluding hydrogens is 230 g/mol. The number of nitrogens with zero attached hydrogens (tertiary/aromatic N) is 1. The van der Waals surface area contributed by atoms with Crippen LogP contribution >= 0.6 is 0 Å². The van der Waals surface area contributed by atoms with Crippen molar-refractivity contribution in [3.63, 3.8) is 0 Å². The fraction of sp³-hybridized carbons (Fsp3) is 0.500. The number of rotatable bonds is 2. The summed E-state index contributed by atoms with van der Waals surface area (Å²) in [6.07, 6.45) is 0. The topological polar surface area (TPSA) is 60.8 Å². The molecule has 0 unspecified atom stereocenters. The van der Waals surface area contributed by atoms with Gasteiger partial charge in [-0.2, -0.15) is 0 Å². The van der Waals surface area contributed by atoms with Crippen LogP contribution in [0.25, 0.3) is 0 Å². The molecule has 0 radical (unpaired) electrons. The van der Waals surface area contributed by atoms with Crippen LogP contribution in [-0.4, -0.2) is 34.6 Å². The van der Waals surface area contributed by atoms with Crippen LogP contribution in [-0.2, 0) is 0 Å². The van der Waals surface area contributed by atoms with E-state index in [2.05, 4.69) is 0 Å². The minimum atomic E-state index is -0.212. The van der Waals surface area contributed by atoms with Gasteiger partial charge in [-0.25, -0.2) is 0 Å². The highest BCUT2D eigenvalue weighted by Gasteiger charge is 2.20. The Hall–Kier alpha value is -1.71. The smallest absolute Gasteiger partial charge is 0.253 e. The van der Waals surface area contributed by atoms with Crippen molar-refractivity contribution in [1.29, 1.82) is 0 Å². The summed E-state index contributed by atoms with van der Waals surface area (Å²) in [6, 6.07) is 2.77. The highest BCUT2D eigenvalue weighted by molar-refractivity contribution is 5.95. The minimum absolute atomic E-state index is 0.000797. The molecule has 0 heterocycles. The van der Waals surface area contributed by atoms with Gasteiger partial charge in [-0.3, -0.25) is 4.79 Å². The van der Waals surface area contributed by atoms with Crippen molar-refractivity contribution in [2.45, 2.75) is 27.7 Å². The number of amides is 1. The SMILES string of the molecule is Cc1c(O)cc(C(=O)N(C)CC(C)(C)C)cc1O. The van der Waals surface area contributed by atoms with Gasteiger partial charge in [0.25, 0.3) is 5.91 Å². The van der Waals surface area contributed by atoms with E-state index in [1.54, 1.807) is 18.9 Å². The van der Waals surface area contributed by atoms with E-state index in [1.807, 2.05) is 20.8 Å². The van der Waals surface area contributed by atoms with Gasteiger partial charge < -0.3 is 15.1 Å². The Balaban J connectivity index is 2.98. The molecule has 1 rings (SSSR count). The predicted molar refractivity (Wildman–Crippen MR) is 70.9 cm³/mol. The molecule has 0 atom stereocenters. The van der Waals surface area contributed by atoms with Crippen molar-refractivity contribution in [3.05, 3.63) is 23.3 Å². The normalized spacial score (nSPS) is 11.4. The number of benzene rings is 1. The zero-order chi connectivity index (χ0) is 14.1. The largest absolute Gasteiger partial charge is 0.508 e.